The molecule has 5 nitrogen and oxygen atoms in total. The van der Waals surface area contributed by atoms with E-state index >= 15 is 0 Å². The monoisotopic (exact) mass is 413 g/mol. The number of hydrogen-bond donors (Lipinski definition) is 2. The van der Waals surface area contributed by atoms with Crippen molar-refractivity contribution in [2.75, 3.05) is 33.4 Å². The maximum Gasteiger partial charge on any atom is 0.305 e. The molecule has 0 aliphatic carbocycles. The second kappa shape index (κ2) is 21.8. The molecule has 0 bridgehead atoms. The fourth-order valence-corrected chi connectivity index (χ4v) is 3.24. The summed E-state index contributed by atoms with van der Waals surface area (Å²) in [5, 5.41) is 18.1. The number of rotatable bonds is 21. The Labute approximate surface area is 179 Å². The van der Waals surface area contributed by atoms with E-state index in [1.807, 2.05) is 11.9 Å². The Balaban J connectivity index is 3.33. The minimum atomic E-state index is -0.744. The van der Waals surface area contributed by atoms with Gasteiger partial charge in [-0.05, 0) is 39.2 Å². The lowest BCUT2D eigenvalue weighted by Gasteiger charge is -2.18. The highest BCUT2D eigenvalue weighted by Crippen LogP contribution is 2.10. The zero-order valence-corrected chi connectivity index (χ0v) is 19.1. The Hall–Kier alpha value is -0.910. The molecule has 1 unspecified atom stereocenters. The first-order valence-electron chi connectivity index (χ1n) is 11.9. The van der Waals surface area contributed by atoms with Crippen LogP contribution in [0.4, 0.5) is 0 Å². The predicted molar refractivity (Wildman–Crippen MR) is 121 cm³/mol. The first-order valence-corrected chi connectivity index (χ1v) is 11.9. The van der Waals surface area contributed by atoms with Gasteiger partial charge in [0.15, 0.2) is 0 Å². The minimum Gasteiger partial charge on any atom is -0.464 e. The highest BCUT2D eigenvalue weighted by molar-refractivity contribution is 5.69. The summed E-state index contributed by atoms with van der Waals surface area (Å²) in [6.07, 6.45) is 20.6. The molecule has 0 aromatic carbocycles. The summed E-state index contributed by atoms with van der Waals surface area (Å²) >= 11 is 0. The summed E-state index contributed by atoms with van der Waals surface area (Å²) in [7, 11) is 1.83. The Bertz CT molecular complexity index is 387. The molecule has 5 heteroatoms. The van der Waals surface area contributed by atoms with Crippen LogP contribution < -0.4 is 0 Å². The van der Waals surface area contributed by atoms with E-state index in [0.29, 0.717) is 26.1 Å². The Morgan fingerprint density at radius 1 is 0.931 bits per heavy atom. The van der Waals surface area contributed by atoms with Crippen LogP contribution in [0.25, 0.3) is 0 Å². The summed E-state index contributed by atoms with van der Waals surface area (Å²) in [5.41, 5.74) is 0. The van der Waals surface area contributed by atoms with Gasteiger partial charge in [0.2, 0.25) is 0 Å². The summed E-state index contributed by atoms with van der Waals surface area (Å²) < 4.78 is 5.21. The molecule has 0 heterocycles. The number of aliphatic hydroxyl groups excluding tert-OH is 2. The molecular formula is C24H47NO4. The number of carbonyl (C=O) groups excluding carboxylic acids is 1. The molecule has 0 aromatic heterocycles. The maximum atomic E-state index is 11.7. The second-order valence-corrected chi connectivity index (χ2v) is 8.15. The summed E-state index contributed by atoms with van der Waals surface area (Å²) in [6, 6.07) is 0. The van der Waals surface area contributed by atoms with Crippen LogP contribution in [0, 0.1) is 0 Å². The van der Waals surface area contributed by atoms with E-state index in [2.05, 4.69) is 19.1 Å². The summed E-state index contributed by atoms with van der Waals surface area (Å²) in [5.74, 6) is -0.140. The lowest BCUT2D eigenvalue weighted by molar-refractivity contribution is -0.144. The van der Waals surface area contributed by atoms with Gasteiger partial charge >= 0.3 is 5.97 Å². The van der Waals surface area contributed by atoms with Crippen LogP contribution in [-0.4, -0.2) is 60.5 Å². The standard InChI is InChI=1S/C24H47NO4/c1-3-4-5-6-7-8-9-10-11-12-13-14-15-16-17-18-24(28)29-20-19-25(2)21-23(27)22-26/h10-11,23,26-27H,3-9,12-22H2,1-2H3/b11-10-. The van der Waals surface area contributed by atoms with Crippen molar-refractivity contribution in [3.63, 3.8) is 0 Å². The highest BCUT2D eigenvalue weighted by atomic mass is 16.5. The molecule has 1 atom stereocenters. The molecule has 29 heavy (non-hydrogen) atoms. The van der Waals surface area contributed by atoms with Crippen LogP contribution in [0.5, 0.6) is 0 Å². The number of allylic oxidation sites excluding steroid dienone is 2. The molecule has 0 aliphatic rings. The van der Waals surface area contributed by atoms with Gasteiger partial charge in [0.05, 0.1) is 12.7 Å². The van der Waals surface area contributed by atoms with Crippen molar-refractivity contribution in [2.45, 2.75) is 103 Å². The molecule has 0 fully saturated rings. The van der Waals surface area contributed by atoms with E-state index in [1.54, 1.807) is 0 Å². The van der Waals surface area contributed by atoms with Crippen molar-refractivity contribution < 1.29 is 19.7 Å². The Kier molecular flexibility index (Phi) is 21.1. The molecule has 0 saturated carbocycles. The fourth-order valence-electron chi connectivity index (χ4n) is 3.24. The number of esters is 1. The van der Waals surface area contributed by atoms with Crippen molar-refractivity contribution in [3.8, 4) is 0 Å². The molecule has 0 radical (unpaired) electrons. The first kappa shape index (κ1) is 28.1. The molecule has 0 saturated heterocycles. The van der Waals surface area contributed by atoms with Crippen LogP contribution in [0.1, 0.15) is 96.8 Å². The third-order valence-corrected chi connectivity index (χ3v) is 5.11. The zero-order chi connectivity index (χ0) is 21.6. The van der Waals surface area contributed by atoms with E-state index in [-0.39, 0.29) is 12.6 Å². The van der Waals surface area contributed by atoms with Crippen LogP contribution >= 0.6 is 0 Å². The molecule has 0 aromatic rings. The zero-order valence-electron chi connectivity index (χ0n) is 19.1. The molecule has 0 rings (SSSR count). The van der Waals surface area contributed by atoms with Crippen LogP contribution in [0.3, 0.4) is 0 Å². The van der Waals surface area contributed by atoms with E-state index in [9.17, 15) is 9.90 Å². The average molecular weight is 414 g/mol. The first-order chi connectivity index (χ1) is 14.1. The summed E-state index contributed by atoms with van der Waals surface area (Å²) in [6.45, 7) is 3.28. The van der Waals surface area contributed by atoms with E-state index in [0.717, 1.165) is 12.8 Å². The van der Waals surface area contributed by atoms with Gasteiger partial charge in [-0.3, -0.25) is 4.79 Å². The van der Waals surface area contributed by atoms with Gasteiger partial charge in [-0.2, -0.15) is 0 Å². The lowest BCUT2D eigenvalue weighted by Crippen LogP contribution is -2.33. The molecule has 0 amide bonds. The van der Waals surface area contributed by atoms with Crippen molar-refractivity contribution in [3.05, 3.63) is 12.2 Å². The SMILES string of the molecule is CCCCCCCC/C=C\CCCCCCCC(=O)OCCN(C)CC(O)CO. The maximum absolute atomic E-state index is 11.7. The normalized spacial score (nSPS) is 12.7. The number of carbonyl (C=O) groups is 1. The van der Waals surface area contributed by atoms with Gasteiger partial charge in [-0.15, -0.1) is 0 Å². The number of nitrogens with zero attached hydrogens (tertiary/aromatic N) is 1. The molecular weight excluding hydrogens is 366 g/mol. The van der Waals surface area contributed by atoms with E-state index < -0.39 is 6.10 Å². The quantitative estimate of drug-likeness (QED) is 0.160. The highest BCUT2D eigenvalue weighted by Gasteiger charge is 2.08. The third-order valence-electron chi connectivity index (χ3n) is 5.11. The van der Waals surface area contributed by atoms with Gasteiger partial charge in [0.25, 0.3) is 0 Å². The van der Waals surface area contributed by atoms with Crippen LogP contribution in [0.2, 0.25) is 0 Å². The Morgan fingerprint density at radius 3 is 2.07 bits per heavy atom. The van der Waals surface area contributed by atoms with Crippen molar-refractivity contribution in [1.82, 2.24) is 4.90 Å². The van der Waals surface area contributed by atoms with Gasteiger partial charge < -0.3 is 19.8 Å². The van der Waals surface area contributed by atoms with E-state index in [4.69, 9.17) is 9.84 Å². The average Bonchev–Trinajstić information content (AvgIpc) is 2.70. The third kappa shape index (κ3) is 21.6. The van der Waals surface area contributed by atoms with Gasteiger partial charge in [0, 0.05) is 19.5 Å². The van der Waals surface area contributed by atoms with Gasteiger partial charge in [-0.1, -0.05) is 70.4 Å². The number of hydrogen-bond acceptors (Lipinski definition) is 5. The number of aliphatic hydroxyl groups is 2. The molecule has 172 valence electrons. The van der Waals surface area contributed by atoms with Crippen molar-refractivity contribution in [1.29, 1.82) is 0 Å². The number of unbranched alkanes of at least 4 members (excludes halogenated alkanes) is 11. The van der Waals surface area contributed by atoms with Crippen molar-refractivity contribution >= 4 is 5.97 Å². The predicted octanol–water partition coefficient (Wildman–Crippen LogP) is 4.85. The van der Waals surface area contributed by atoms with Crippen LogP contribution in [0.15, 0.2) is 12.2 Å². The largest absolute Gasteiger partial charge is 0.464 e. The van der Waals surface area contributed by atoms with Gasteiger partial charge in [-0.25, -0.2) is 0 Å². The topological polar surface area (TPSA) is 70.0 Å². The van der Waals surface area contributed by atoms with Crippen molar-refractivity contribution in [2.24, 2.45) is 0 Å². The number of likely N-dealkylation sites (N-methyl/N-ethyl adjacent to an activating group) is 1. The number of ether oxygens (including phenoxy) is 1. The molecule has 0 aliphatic heterocycles. The minimum absolute atomic E-state index is 0.140. The summed E-state index contributed by atoms with van der Waals surface area (Å²) in [4.78, 5) is 13.5. The molecule has 0 spiro atoms. The molecule has 2 N–H and O–H groups in total. The fraction of sp³-hybridized carbons (Fsp3) is 0.875. The van der Waals surface area contributed by atoms with E-state index in [1.165, 1.54) is 70.6 Å². The Morgan fingerprint density at radius 2 is 1.48 bits per heavy atom. The second-order valence-electron chi connectivity index (χ2n) is 8.15. The van der Waals surface area contributed by atoms with Crippen LogP contribution in [-0.2, 0) is 9.53 Å². The lowest BCUT2D eigenvalue weighted by atomic mass is 10.1. The van der Waals surface area contributed by atoms with Gasteiger partial charge in [0.1, 0.15) is 6.61 Å². The smallest absolute Gasteiger partial charge is 0.305 e.